The van der Waals surface area contributed by atoms with E-state index >= 15 is 0 Å². The average Bonchev–Trinajstić information content (AvgIpc) is 2.39. The molecule has 3 nitrogen and oxygen atoms in total. The minimum Gasteiger partial charge on any atom is -0.463 e. The summed E-state index contributed by atoms with van der Waals surface area (Å²) in [5, 5.41) is 9.65. The van der Waals surface area contributed by atoms with Gasteiger partial charge >= 0.3 is 0 Å². The van der Waals surface area contributed by atoms with Gasteiger partial charge in [0.1, 0.15) is 11.8 Å². The second-order valence-electron chi connectivity index (χ2n) is 4.54. The van der Waals surface area contributed by atoms with Crippen molar-refractivity contribution < 1.29 is 9.52 Å². The Morgan fingerprint density at radius 3 is 2.88 bits per heavy atom. The van der Waals surface area contributed by atoms with E-state index in [4.69, 9.17) is 9.52 Å². The first-order valence-corrected chi connectivity index (χ1v) is 5.97. The SMILES string of the molecule is O=c1c(CO)coc2c3c(ccc12)CCCC3. The van der Waals surface area contributed by atoms with E-state index in [1.54, 1.807) is 0 Å². The van der Waals surface area contributed by atoms with E-state index in [1.807, 2.05) is 12.1 Å². The maximum absolute atomic E-state index is 12.0. The molecule has 0 amide bonds. The number of hydrogen-bond donors (Lipinski definition) is 1. The summed E-state index contributed by atoms with van der Waals surface area (Å²) in [7, 11) is 0. The van der Waals surface area contributed by atoms with Gasteiger partial charge in [-0.3, -0.25) is 4.79 Å². The third-order valence-corrected chi connectivity index (χ3v) is 3.51. The molecule has 0 aliphatic heterocycles. The van der Waals surface area contributed by atoms with E-state index in [0.29, 0.717) is 16.5 Å². The van der Waals surface area contributed by atoms with Crippen molar-refractivity contribution in [3.05, 3.63) is 45.3 Å². The first-order valence-electron chi connectivity index (χ1n) is 5.97. The van der Waals surface area contributed by atoms with Crippen molar-refractivity contribution in [1.82, 2.24) is 0 Å². The normalized spacial score (nSPS) is 14.9. The van der Waals surface area contributed by atoms with Crippen LogP contribution in [0, 0.1) is 0 Å². The molecule has 1 heterocycles. The van der Waals surface area contributed by atoms with Gasteiger partial charge in [-0.25, -0.2) is 0 Å². The molecule has 0 unspecified atom stereocenters. The zero-order chi connectivity index (χ0) is 11.8. The molecule has 2 aromatic rings. The fraction of sp³-hybridized carbons (Fsp3) is 0.357. The van der Waals surface area contributed by atoms with Gasteiger partial charge in [-0.05, 0) is 42.9 Å². The molecule has 0 fully saturated rings. The lowest BCUT2D eigenvalue weighted by atomic mass is 9.90. The smallest absolute Gasteiger partial charge is 0.198 e. The van der Waals surface area contributed by atoms with Gasteiger partial charge in [-0.15, -0.1) is 0 Å². The predicted octanol–water partition coefficient (Wildman–Crippen LogP) is 2.16. The van der Waals surface area contributed by atoms with Crippen LogP contribution in [-0.4, -0.2) is 5.11 Å². The van der Waals surface area contributed by atoms with Crippen LogP contribution in [-0.2, 0) is 19.4 Å². The molecule has 3 rings (SSSR count). The van der Waals surface area contributed by atoms with Gasteiger partial charge in [0.25, 0.3) is 0 Å². The highest BCUT2D eigenvalue weighted by atomic mass is 16.3. The summed E-state index contributed by atoms with van der Waals surface area (Å²) in [5.41, 5.74) is 3.40. The number of aliphatic hydroxyl groups excluding tert-OH is 1. The topological polar surface area (TPSA) is 50.4 Å². The minimum atomic E-state index is -0.268. The van der Waals surface area contributed by atoms with Crippen molar-refractivity contribution >= 4 is 11.0 Å². The first-order chi connectivity index (χ1) is 8.31. The summed E-state index contributed by atoms with van der Waals surface area (Å²) in [6, 6.07) is 3.85. The second-order valence-corrected chi connectivity index (χ2v) is 4.54. The maximum Gasteiger partial charge on any atom is 0.198 e. The maximum atomic E-state index is 12.0. The third-order valence-electron chi connectivity index (χ3n) is 3.51. The highest BCUT2D eigenvalue weighted by Crippen LogP contribution is 2.27. The Labute approximate surface area is 98.7 Å². The molecule has 1 N–H and O–H groups in total. The van der Waals surface area contributed by atoms with Gasteiger partial charge in [-0.2, -0.15) is 0 Å². The zero-order valence-corrected chi connectivity index (χ0v) is 9.53. The van der Waals surface area contributed by atoms with Gasteiger partial charge in [0, 0.05) is 0 Å². The van der Waals surface area contributed by atoms with Crippen LogP contribution in [0.25, 0.3) is 11.0 Å². The average molecular weight is 230 g/mol. The van der Waals surface area contributed by atoms with E-state index < -0.39 is 0 Å². The summed E-state index contributed by atoms with van der Waals surface area (Å²) < 4.78 is 5.55. The number of benzene rings is 1. The van der Waals surface area contributed by atoms with Crippen LogP contribution in [0.15, 0.2) is 27.6 Å². The highest BCUT2D eigenvalue weighted by Gasteiger charge is 2.16. The van der Waals surface area contributed by atoms with E-state index in [2.05, 4.69) is 0 Å². The van der Waals surface area contributed by atoms with Crippen LogP contribution < -0.4 is 5.43 Å². The Morgan fingerprint density at radius 2 is 2.06 bits per heavy atom. The molecule has 0 spiro atoms. The van der Waals surface area contributed by atoms with E-state index in [1.165, 1.54) is 23.8 Å². The largest absolute Gasteiger partial charge is 0.463 e. The first kappa shape index (κ1) is 10.5. The fourth-order valence-electron chi connectivity index (χ4n) is 2.57. The molecule has 0 saturated heterocycles. The van der Waals surface area contributed by atoms with Crippen molar-refractivity contribution in [2.45, 2.75) is 32.3 Å². The molecule has 17 heavy (non-hydrogen) atoms. The monoisotopic (exact) mass is 230 g/mol. The van der Waals surface area contributed by atoms with Crippen LogP contribution in [0.3, 0.4) is 0 Å². The molecule has 0 radical (unpaired) electrons. The molecule has 1 aromatic heterocycles. The Hall–Kier alpha value is -1.61. The number of aliphatic hydroxyl groups is 1. The van der Waals surface area contributed by atoms with Crippen LogP contribution in [0.5, 0.6) is 0 Å². The molecule has 0 saturated carbocycles. The number of rotatable bonds is 1. The van der Waals surface area contributed by atoms with Crippen molar-refractivity contribution in [1.29, 1.82) is 0 Å². The molecule has 0 atom stereocenters. The Morgan fingerprint density at radius 1 is 1.24 bits per heavy atom. The van der Waals surface area contributed by atoms with Crippen molar-refractivity contribution in [2.24, 2.45) is 0 Å². The molecular weight excluding hydrogens is 216 g/mol. The number of fused-ring (bicyclic) bond motifs is 3. The van der Waals surface area contributed by atoms with E-state index in [9.17, 15) is 4.79 Å². The molecule has 1 aliphatic carbocycles. The lowest BCUT2D eigenvalue weighted by Crippen LogP contribution is -2.11. The van der Waals surface area contributed by atoms with Crippen molar-refractivity contribution in [2.75, 3.05) is 0 Å². The minimum absolute atomic E-state index is 0.109. The molecule has 88 valence electrons. The molecule has 0 bridgehead atoms. The lowest BCUT2D eigenvalue weighted by Gasteiger charge is -2.16. The van der Waals surface area contributed by atoms with Gasteiger partial charge < -0.3 is 9.52 Å². The van der Waals surface area contributed by atoms with Gasteiger partial charge in [0.2, 0.25) is 0 Å². The Bertz CT molecular complexity index is 625. The van der Waals surface area contributed by atoms with Crippen molar-refractivity contribution in [3.63, 3.8) is 0 Å². The molecular formula is C14H14O3. The number of hydrogen-bond acceptors (Lipinski definition) is 3. The standard InChI is InChI=1S/C14H14O3/c15-7-10-8-17-14-11-4-2-1-3-9(11)5-6-12(14)13(10)16/h5-6,8,15H,1-4,7H2. The Balaban J connectivity index is 2.35. The summed E-state index contributed by atoms with van der Waals surface area (Å²) in [4.78, 5) is 12.0. The summed E-state index contributed by atoms with van der Waals surface area (Å²) in [5.74, 6) is 0. The molecule has 1 aromatic carbocycles. The second kappa shape index (κ2) is 4.00. The lowest BCUT2D eigenvalue weighted by molar-refractivity contribution is 0.277. The summed E-state index contributed by atoms with van der Waals surface area (Å²) in [6.07, 6.45) is 5.79. The summed E-state index contributed by atoms with van der Waals surface area (Å²) in [6.45, 7) is -0.268. The highest BCUT2D eigenvalue weighted by molar-refractivity contribution is 5.81. The van der Waals surface area contributed by atoms with E-state index in [0.717, 1.165) is 19.3 Å². The third kappa shape index (κ3) is 1.58. The van der Waals surface area contributed by atoms with Crippen LogP contribution >= 0.6 is 0 Å². The van der Waals surface area contributed by atoms with Gasteiger partial charge in [-0.1, -0.05) is 6.07 Å². The quantitative estimate of drug-likeness (QED) is 0.816. The zero-order valence-electron chi connectivity index (χ0n) is 9.53. The van der Waals surface area contributed by atoms with Crippen LogP contribution in [0.4, 0.5) is 0 Å². The van der Waals surface area contributed by atoms with E-state index in [-0.39, 0.29) is 12.0 Å². The predicted molar refractivity (Wildman–Crippen MR) is 65.0 cm³/mol. The van der Waals surface area contributed by atoms with Crippen molar-refractivity contribution in [3.8, 4) is 0 Å². The molecule has 3 heteroatoms. The summed E-state index contributed by atoms with van der Waals surface area (Å²) >= 11 is 0. The van der Waals surface area contributed by atoms with Gasteiger partial charge in [0.05, 0.1) is 17.6 Å². The van der Waals surface area contributed by atoms with Crippen LogP contribution in [0.1, 0.15) is 29.5 Å². The van der Waals surface area contributed by atoms with Gasteiger partial charge in [0.15, 0.2) is 5.43 Å². The van der Waals surface area contributed by atoms with Crippen LogP contribution in [0.2, 0.25) is 0 Å². The Kier molecular flexibility index (Phi) is 2.48. The number of aryl methyl sites for hydroxylation is 2. The molecule has 1 aliphatic rings. The fourth-order valence-corrected chi connectivity index (χ4v) is 2.57.